The van der Waals surface area contributed by atoms with E-state index >= 15 is 0 Å². The zero-order valence-corrected chi connectivity index (χ0v) is 16.2. The van der Waals surface area contributed by atoms with Gasteiger partial charge >= 0.3 is 5.97 Å². The Labute approximate surface area is 164 Å². The van der Waals surface area contributed by atoms with Crippen LogP contribution in [-0.2, 0) is 19.2 Å². The maximum Gasteiger partial charge on any atom is 0.307 e. The number of aliphatic carboxylic acids is 1. The molecule has 8 heteroatoms. The van der Waals surface area contributed by atoms with E-state index in [2.05, 4.69) is 16.2 Å². The molecule has 0 aromatic heterocycles. The van der Waals surface area contributed by atoms with Gasteiger partial charge in [-0.05, 0) is 49.9 Å². The number of aryl methyl sites for hydroxylation is 2. The van der Waals surface area contributed by atoms with E-state index in [0.717, 1.165) is 24.0 Å². The normalized spacial score (nSPS) is 18.8. The monoisotopic (exact) mass is 389 g/mol. The summed E-state index contributed by atoms with van der Waals surface area (Å²) < 4.78 is 0. The molecule has 0 saturated heterocycles. The van der Waals surface area contributed by atoms with Crippen LogP contribution in [-0.4, -0.2) is 28.8 Å². The molecule has 0 aliphatic heterocycles. The molecule has 152 valence electrons. The second-order valence-electron chi connectivity index (χ2n) is 7.22. The lowest BCUT2D eigenvalue weighted by Gasteiger charge is -2.27. The van der Waals surface area contributed by atoms with Gasteiger partial charge in [-0.1, -0.05) is 18.9 Å². The number of anilines is 1. The van der Waals surface area contributed by atoms with E-state index in [0.29, 0.717) is 18.5 Å². The van der Waals surface area contributed by atoms with Crippen LogP contribution >= 0.6 is 0 Å². The highest BCUT2D eigenvalue weighted by atomic mass is 16.4. The molecule has 0 spiro atoms. The van der Waals surface area contributed by atoms with E-state index in [9.17, 15) is 24.3 Å². The van der Waals surface area contributed by atoms with Crippen LogP contribution in [0, 0.1) is 25.7 Å². The Morgan fingerprint density at radius 1 is 0.929 bits per heavy atom. The highest BCUT2D eigenvalue weighted by Gasteiger charge is 2.35. The Balaban J connectivity index is 1.74. The number of carboxylic acid groups (broad SMARTS) is 1. The minimum atomic E-state index is -0.991. The van der Waals surface area contributed by atoms with Crippen LogP contribution in [0.2, 0.25) is 0 Å². The van der Waals surface area contributed by atoms with Crippen LogP contribution < -0.4 is 16.2 Å². The topological polar surface area (TPSA) is 125 Å². The molecule has 3 amide bonds. The van der Waals surface area contributed by atoms with Crippen LogP contribution in [0.4, 0.5) is 5.69 Å². The molecule has 1 saturated carbocycles. The minimum Gasteiger partial charge on any atom is -0.481 e. The van der Waals surface area contributed by atoms with E-state index in [1.54, 1.807) is 6.07 Å². The number of hydrogen-bond donors (Lipinski definition) is 4. The van der Waals surface area contributed by atoms with Crippen molar-refractivity contribution in [3.8, 4) is 0 Å². The van der Waals surface area contributed by atoms with Gasteiger partial charge in [-0.2, -0.15) is 0 Å². The lowest BCUT2D eigenvalue weighted by molar-refractivity contribution is -0.149. The molecule has 1 aromatic carbocycles. The average Bonchev–Trinajstić information content (AvgIpc) is 2.67. The number of hydrogen-bond acceptors (Lipinski definition) is 4. The van der Waals surface area contributed by atoms with Gasteiger partial charge in [-0.3, -0.25) is 30.0 Å². The molecule has 0 bridgehead atoms. The molecule has 1 aliphatic carbocycles. The average molecular weight is 389 g/mol. The van der Waals surface area contributed by atoms with Crippen LogP contribution in [0.3, 0.4) is 0 Å². The first-order valence-electron chi connectivity index (χ1n) is 9.46. The summed E-state index contributed by atoms with van der Waals surface area (Å²) in [5.74, 6) is -3.68. The molecule has 0 unspecified atom stereocenters. The van der Waals surface area contributed by atoms with Crippen molar-refractivity contribution in [2.24, 2.45) is 11.8 Å². The third kappa shape index (κ3) is 6.07. The number of benzene rings is 1. The fourth-order valence-corrected chi connectivity index (χ4v) is 3.30. The van der Waals surface area contributed by atoms with Crippen molar-refractivity contribution in [3.05, 3.63) is 29.3 Å². The third-order valence-corrected chi connectivity index (χ3v) is 5.11. The minimum absolute atomic E-state index is 0.0319. The largest absolute Gasteiger partial charge is 0.481 e. The van der Waals surface area contributed by atoms with Crippen LogP contribution in [0.5, 0.6) is 0 Å². The third-order valence-electron chi connectivity index (χ3n) is 5.11. The Morgan fingerprint density at radius 2 is 1.57 bits per heavy atom. The predicted octanol–water partition coefficient (Wildman–Crippen LogP) is 2.06. The van der Waals surface area contributed by atoms with Gasteiger partial charge in [0.15, 0.2) is 0 Å². The summed E-state index contributed by atoms with van der Waals surface area (Å²) in [7, 11) is 0. The van der Waals surface area contributed by atoms with Gasteiger partial charge in [0.25, 0.3) is 0 Å². The van der Waals surface area contributed by atoms with Gasteiger partial charge in [0.2, 0.25) is 17.7 Å². The molecule has 0 radical (unpaired) electrons. The number of carbonyl (C=O) groups excluding carboxylic acids is 3. The summed E-state index contributed by atoms with van der Waals surface area (Å²) in [4.78, 5) is 47.3. The first-order valence-corrected chi connectivity index (χ1v) is 9.46. The highest BCUT2D eigenvalue weighted by Crippen LogP contribution is 2.30. The van der Waals surface area contributed by atoms with Gasteiger partial charge in [-0.25, -0.2) is 0 Å². The van der Waals surface area contributed by atoms with Crippen molar-refractivity contribution < 1.29 is 24.3 Å². The fourth-order valence-electron chi connectivity index (χ4n) is 3.30. The van der Waals surface area contributed by atoms with Crippen molar-refractivity contribution in [3.63, 3.8) is 0 Å². The number of carboxylic acids is 1. The van der Waals surface area contributed by atoms with E-state index < -0.39 is 29.6 Å². The number of rotatable bonds is 6. The zero-order chi connectivity index (χ0) is 20.7. The molecule has 1 aromatic rings. The molecule has 0 heterocycles. The standard InChI is InChI=1S/C20H27N3O5/c1-12-7-8-14(11-13(12)2)21-17(24)9-10-18(25)22-23-19(26)15-5-3-4-6-16(15)20(27)28/h7-8,11,15-16H,3-6,9-10H2,1-2H3,(H,21,24)(H,22,25)(H,23,26)(H,27,28)/t15-,16+/m0/s1. The molecule has 1 aliphatic rings. The first kappa shape index (κ1) is 21.4. The van der Waals surface area contributed by atoms with Gasteiger partial charge in [0.1, 0.15) is 0 Å². The quantitative estimate of drug-likeness (QED) is 0.554. The molecule has 1 fully saturated rings. The van der Waals surface area contributed by atoms with E-state index in [1.165, 1.54) is 0 Å². The zero-order valence-electron chi connectivity index (χ0n) is 16.2. The Kier molecular flexibility index (Phi) is 7.54. The lowest BCUT2D eigenvalue weighted by atomic mass is 9.79. The van der Waals surface area contributed by atoms with E-state index in [4.69, 9.17) is 0 Å². The molecule has 8 nitrogen and oxygen atoms in total. The van der Waals surface area contributed by atoms with Crippen LogP contribution in [0.1, 0.15) is 49.7 Å². The Morgan fingerprint density at radius 3 is 2.21 bits per heavy atom. The number of hydrazine groups is 1. The SMILES string of the molecule is Cc1ccc(NC(=O)CCC(=O)NNC(=O)[C@H]2CCCC[C@H]2C(=O)O)cc1C. The van der Waals surface area contributed by atoms with Gasteiger partial charge in [0, 0.05) is 18.5 Å². The van der Waals surface area contributed by atoms with Crippen molar-refractivity contribution >= 4 is 29.4 Å². The predicted molar refractivity (Wildman–Crippen MR) is 103 cm³/mol. The van der Waals surface area contributed by atoms with Gasteiger partial charge in [-0.15, -0.1) is 0 Å². The summed E-state index contributed by atoms with van der Waals surface area (Å²) >= 11 is 0. The molecule has 2 rings (SSSR count). The second kappa shape index (κ2) is 9.87. The maximum atomic E-state index is 12.2. The fraction of sp³-hybridized carbons (Fsp3) is 0.500. The summed E-state index contributed by atoms with van der Waals surface area (Å²) in [5.41, 5.74) is 7.40. The highest BCUT2D eigenvalue weighted by molar-refractivity contribution is 5.93. The Bertz CT molecular complexity index is 762. The molecule has 4 N–H and O–H groups in total. The number of nitrogens with one attached hydrogen (secondary N) is 3. The van der Waals surface area contributed by atoms with Crippen LogP contribution in [0.15, 0.2) is 18.2 Å². The van der Waals surface area contributed by atoms with Gasteiger partial charge < -0.3 is 10.4 Å². The second-order valence-corrected chi connectivity index (χ2v) is 7.22. The smallest absolute Gasteiger partial charge is 0.307 e. The van der Waals surface area contributed by atoms with Crippen molar-refractivity contribution in [2.45, 2.75) is 52.4 Å². The van der Waals surface area contributed by atoms with Crippen molar-refractivity contribution in [2.75, 3.05) is 5.32 Å². The lowest BCUT2D eigenvalue weighted by Crippen LogP contribution is -2.48. The molecular formula is C20H27N3O5. The first-order chi connectivity index (χ1) is 13.3. The summed E-state index contributed by atoms with van der Waals surface area (Å²) in [6, 6.07) is 5.56. The summed E-state index contributed by atoms with van der Waals surface area (Å²) in [5, 5.41) is 12.0. The van der Waals surface area contributed by atoms with E-state index in [-0.39, 0.29) is 18.7 Å². The van der Waals surface area contributed by atoms with E-state index in [1.807, 2.05) is 26.0 Å². The van der Waals surface area contributed by atoms with Crippen LogP contribution in [0.25, 0.3) is 0 Å². The molecular weight excluding hydrogens is 362 g/mol. The molecule has 28 heavy (non-hydrogen) atoms. The van der Waals surface area contributed by atoms with Crippen molar-refractivity contribution in [1.82, 2.24) is 10.9 Å². The van der Waals surface area contributed by atoms with Crippen molar-refractivity contribution in [1.29, 1.82) is 0 Å². The number of carbonyl (C=O) groups is 4. The summed E-state index contributed by atoms with van der Waals surface area (Å²) in [6.45, 7) is 3.92. The maximum absolute atomic E-state index is 12.2. The van der Waals surface area contributed by atoms with Gasteiger partial charge in [0.05, 0.1) is 11.8 Å². The number of amides is 3. The Hall–Kier alpha value is -2.90. The summed E-state index contributed by atoms with van der Waals surface area (Å²) in [6.07, 6.45) is 2.38. The molecule has 2 atom stereocenters.